The van der Waals surface area contributed by atoms with Crippen molar-refractivity contribution in [1.29, 1.82) is 0 Å². The molecule has 0 saturated carbocycles. The Morgan fingerprint density at radius 3 is 2.85 bits per heavy atom. The Bertz CT molecular complexity index is 1110. The second kappa shape index (κ2) is 7.51. The fourth-order valence-corrected chi connectivity index (χ4v) is 4.04. The third-order valence-electron chi connectivity index (χ3n) is 4.12. The zero-order chi connectivity index (χ0) is 18.6. The van der Waals surface area contributed by atoms with E-state index in [0.29, 0.717) is 5.82 Å². The molecule has 0 atom stereocenters. The van der Waals surface area contributed by atoms with E-state index in [9.17, 15) is 0 Å². The predicted molar refractivity (Wildman–Crippen MR) is 110 cm³/mol. The van der Waals surface area contributed by atoms with E-state index < -0.39 is 0 Å². The van der Waals surface area contributed by atoms with Crippen LogP contribution in [0.4, 0.5) is 5.82 Å². The van der Waals surface area contributed by atoms with Crippen molar-refractivity contribution < 1.29 is 4.74 Å². The summed E-state index contributed by atoms with van der Waals surface area (Å²) in [5, 5.41) is 4.28. The van der Waals surface area contributed by atoms with Crippen LogP contribution in [0.1, 0.15) is 11.1 Å². The molecule has 3 heterocycles. The summed E-state index contributed by atoms with van der Waals surface area (Å²) >= 11 is 1.63. The first-order valence-corrected chi connectivity index (χ1v) is 9.16. The lowest BCUT2D eigenvalue weighted by Gasteiger charge is -2.06. The quantitative estimate of drug-likeness (QED) is 0.410. The molecule has 0 bridgehead atoms. The molecule has 0 spiro atoms. The van der Waals surface area contributed by atoms with E-state index in [-0.39, 0.29) is 0 Å². The van der Waals surface area contributed by atoms with Gasteiger partial charge in [-0.1, -0.05) is 18.2 Å². The number of rotatable bonds is 5. The average molecular weight is 375 g/mol. The lowest BCUT2D eigenvalue weighted by atomic mass is 10.1. The maximum absolute atomic E-state index is 5.52. The molecule has 0 saturated heterocycles. The first-order chi connectivity index (χ1) is 13.3. The first kappa shape index (κ1) is 17.1. The number of aromatic nitrogens is 3. The van der Waals surface area contributed by atoms with Crippen LogP contribution in [0, 0.1) is 6.92 Å². The molecule has 3 aromatic heterocycles. The van der Waals surface area contributed by atoms with E-state index in [1.807, 2.05) is 30.3 Å². The largest absolute Gasteiger partial charge is 0.496 e. The number of nitrogens with zero attached hydrogens (tertiary/aromatic N) is 4. The van der Waals surface area contributed by atoms with E-state index in [4.69, 9.17) is 4.74 Å². The zero-order valence-electron chi connectivity index (χ0n) is 14.9. The summed E-state index contributed by atoms with van der Waals surface area (Å²) in [5.74, 6) is 1.51. The molecular weight excluding hydrogens is 358 g/mol. The number of pyridine rings is 1. The van der Waals surface area contributed by atoms with Crippen LogP contribution < -0.4 is 10.2 Å². The molecule has 1 N–H and O–H groups in total. The van der Waals surface area contributed by atoms with Gasteiger partial charge >= 0.3 is 0 Å². The highest BCUT2D eigenvalue weighted by Crippen LogP contribution is 2.42. The van der Waals surface area contributed by atoms with Crippen LogP contribution in [0.5, 0.6) is 5.75 Å². The van der Waals surface area contributed by atoms with Crippen molar-refractivity contribution in [2.24, 2.45) is 5.10 Å². The summed E-state index contributed by atoms with van der Waals surface area (Å²) in [7, 11) is 1.68. The molecule has 0 aliphatic carbocycles. The number of para-hydroxylation sites is 1. The lowest BCUT2D eigenvalue weighted by molar-refractivity contribution is 0.416. The highest BCUT2D eigenvalue weighted by atomic mass is 32.1. The van der Waals surface area contributed by atoms with Crippen LogP contribution in [0.3, 0.4) is 0 Å². The third kappa shape index (κ3) is 3.37. The summed E-state index contributed by atoms with van der Waals surface area (Å²) < 4.78 is 6.48. The van der Waals surface area contributed by atoms with Gasteiger partial charge in [-0.05, 0) is 30.7 Å². The first-order valence-electron chi connectivity index (χ1n) is 8.34. The second-order valence-electron chi connectivity index (χ2n) is 5.81. The van der Waals surface area contributed by atoms with E-state index in [2.05, 4.69) is 38.5 Å². The summed E-state index contributed by atoms with van der Waals surface area (Å²) in [4.78, 5) is 14.0. The number of hydrazone groups is 1. The van der Waals surface area contributed by atoms with Gasteiger partial charge in [-0.2, -0.15) is 5.10 Å². The maximum atomic E-state index is 5.52. The van der Waals surface area contributed by atoms with Crippen LogP contribution >= 0.6 is 11.3 Å². The minimum Gasteiger partial charge on any atom is -0.496 e. The lowest BCUT2D eigenvalue weighted by Crippen LogP contribution is -1.94. The summed E-state index contributed by atoms with van der Waals surface area (Å²) in [5.41, 5.74) is 6.99. The molecule has 0 aliphatic heterocycles. The molecule has 6 nitrogen and oxygen atoms in total. The van der Waals surface area contributed by atoms with Gasteiger partial charge in [0.2, 0.25) is 0 Å². The van der Waals surface area contributed by atoms with Gasteiger partial charge in [-0.25, -0.2) is 9.97 Å². The summed E-state index contributed by atoms with van der Waals surface area (Å²) in [6, 6.07) is 11.8. The Labute approximate surface area is 160 Å². The summed E-state index contributed by atoms with van der Waals surface area (Å²) in [6.07, 6.45) is 6.74. The fourth-order valence-electron chi connectivity index (χ4n) is 2.81. The van der Waals surface area contributed by atoms with Crippen LogP contribution in [0.25, 0.3) is 20.7 Å². The number of fused-ring (bicyclic) bond motifs is 1. The minimum atomic E-state index is 0.675. The van der Waals surface area contributed by atoms with Gasteiger partial charge in [0.15, 0.2) is 5.82 Å². The SMILES string of the molecule is COc1ccccc1-c1sc2c(N/N=C/c3cccnc3)ncnc2c1C. The Balaban J connectivity index is 1.73. The van der Waals surface area contributed by atoms with Gasteiger partial charge < -0.3 is 4.74 Å². The predicted octanol–water partition coefficient (Wildman–Crippen LogP) is 4.52. The van der Waals surface area contributed by atoms with Crippen molar-refractivity contribution in [2.45, 2.75) is 6.92 Å². The highest BCUT2D eigenvalue weighted by Gasteiger charge is 2.17. The van der Waals surface area contributed by atoms with E-state index >= 15 is 0 Å². The van der Waals surface area contributed by atoms with Crippen molar-refractivity contribution in [1.82, 2.24) is 15.0 Å². The molecular formula is C20H17N5OS. The van der Waals surface area contributed by atoms with Crippen LogP contribution in [0.2, 0.25) is 0 Å². The molecule has 0 unspecified atom stereocenters. The minimum absolute atomic E-state index is 0.675. The second-order valence-corrected chi connectivity index (χ2v) is 6.83. The highest BCUT2D eigenvalue weighted by molar-refractivity contribution is 7.23. The standard InChI is InChI=1S/C20H17N5OS/c1-13-17-19(27-18(13)15-7-3-4-8-16(15)26-2)20(23-12-22-17)25-24-11-14-6-5-9-21-10-14/h3-12H,1-2H3,(H,22,23,25)/b24-11+. The average Bonchev–Trinajstić information content (AvgIpc) is 3.06. The fraction of sp³-hybridized carbons (Fsp3) is 0.100. The summed E-state index contributed by atoms with van der Waals surface area (Å²) in [6.45, 7) is 2.07. The third-order valence-corrected chi connectivity index (χ3v) is 5.44. The number of hydrogen-bond acceptors (Lipinski definition) is 7. The Morgan fingerprint density at radius 1 is 1.15 bits per heavy atom. The van der Waals surface area contributed by atoms with Crippen LogP contribution in [-0.4, -0.2) is 28.3 Å². The van der Waals surface area contributed by atoms with E-state index in [1.165, 1.54) is 0 Å². The smallest absolute Gasteiger partial charge is 0.167 e. The van der Waals surface area contributed by atoms with Gasteiger partial charge in [0.25, 0.3) is 0 Å². The van der Waals surface area contributed by atoms with E-state index in [0.717, 1.165) is 37.5 Å². The molecule has 134 valence electrons. The molecule has 27 heavy (non-hydrogen) atoms. The molecule has 4 rings (SSSR count). The van der Waals surface area contributed by atoms with Crippen molar-refractivity contribution in [2.75, 3.05) is 12.5 Å². The van der Waals surface area contributed by atoms with Crippen molar-refractivity contribution in [3.05, 3.63) is 66.2 Å². The monoisotopic (exact) mass is 375 g/mol. The number of aryl methyl sites for hydroxylation is 1. The number of hydrogen-bond donors (Lipinski definition) is 1. The Kier molecular flexibility index (Phi) is 4.76. The number of ether oxygens (including phenoxy) is 1. The van der Waals surface area contributed by atoms with Crippen LogP contribution in [-0.2, 0) is 0 Å². The number of methoxy groups -OCH3 is 1. The number of nitrogens with one attached hydrogen (secondary N) is 1. The number of anilines is 1. The van der Waals surface area contributed by atoms with Gasteiger partial charge in [-0.15, -0.1) is 11.3 Å². The van der Waals surface area contributed by atoms with Gasteiger partial charge in [0.1, 0.15) is 12.1 Å². The molecule has 0 fully saturated rings. The molecule has 0 aliphatic rings. The van der Waals surface area contributed by atoms with Crippen LogP contribution in [0.15, 0.2) is 60.2 Å². The Morgan fingerprint density at radius 2 is 2.04 bits per heavy atom. The van der Waals surface area contributed by atoms with Crippen molar-refractivity contribution in [3.8, 4) is 16.2 Å². The molecule has 0 radical (unpaired) electrons. The zero-order valence-corrected chi connectivity index (χ0v) is 15.7. The molecule has 0 amide bonds. The van der Waals surface area contributed by atoms with Gasteiger partial charge in [0.05, 0.1) is 23.5 Å². The topological polar surface area (TPSA) is 72.3 Å². The Hall–Kier alpha value is -3.32. The van der Waals surface area contributed by atoms with E-state index in [1.54, 1.807) is 43.4 Å². The normalized spacial score (nSPS) is 11.2. The maximum Gasteiger partial charge on any atom is 0.167 e. The van der Waals surface area contributed by atoms with Gasteiger partial charge in [-0.3, -0.25) is 10.4 Å². The van der Waals surface area contributed by atoms with Crippen molar-refractivity contribution >= 4 is 33.6 Å². The molecule has 7 heteroatoms. The molecule has 4 aromatic rings. The number of benzene rings is 1. The van der Waals surface area contributed by atoms with Gasteiger partial charge in [0, 0.05) is 28.4 Å². The molecule has 1 aromatic carbocycles. The van der Waals surface area contributed by atoms with Crippen molar-refractivity contribution in [3.63, 3.8) is 0 Å². The number of thiophene rings is 1.